The largest absolute Gasteiger partial charge is 0.507 e. The average Bonchev–Trinajstić information content (AvgIpc) is 2.76. The fraction of sp³-hybridized carbons (Fsp3) is 0.636. The van der Waals surface area contributed by atoms with Crippen molar-refractivity contribution in [2.24, 2.45) is 5.92 Å². The van der Waals surface area contributed by atoms with E-state index in [0.717, 1.165) is 48.2 Å². The number of nitrogens with zero attached hydrogens (tertiary/aromatic N) is 2. The molecule has 0 saturated heterocycles. The zero-order valence-electron chi connectivity index (χ0n) is 25.2. The van der Waals surface area contributed by atoms with Gasteiger partial charge in [-0.3, -0.25) is 0 Å². The second-order valence-electron chi connectivity index (χ2n) is 14.0. The molecule has 3 rings (SSSR count). The molecule has 1 fully saturated rings. The molecule has 1 aliphatic rings. The Bertz CT molecular complexity index is 990. The van der Waals surface area contributed by atoms with Gasteiger partial charge in [-0.15, -0.1) is 0 Å². The van der Waals surface area contributed by atoms with Crippen LogP contribution in [0.4, 0.5) is 0 Å². The van der Waals surface area contributed by atoms with Crippen LogP contribution in [0.3, 0.4) is 0 Å². The number of hydrogen-bond acceptors (Lipinski definition) is 4. The molecule has 4 nitrogen and oxygen atoms in total. The van der Waals surface area contributed by atoms with Crippen molar-refractivity contribution in [3.8, 4) is 11.5 Å². The fourth-order valence-electron chi connectivity index (χ4n) is 6.11. The van der Waals surface area contributed by atoms with E-state index in [1.165, 1.54) is 30.4 Å². The van der Waals surface area contributed by atoms with Crippen molar-refractivity contribution in [3.05, 3.63) is 57.6 Å². The number of rotatable bonds is 7. The molecule has 2 aromatic carbocycles. The summed E-state index contributed by atoms with van der Waals surface area (Å²) in [4.78, 5) is 4.37. The first-order valence-corrected chi connectivity index (χ1v) is 14.1. The smallest absolute Gasteiger partial charge is 0.123 e. The van der Waals surface area contributed by atoms with Crippen molar-refractivity contribution in [2.45, 2.75) is 103 Å². The number of phenolic OH excluding ortho intramolecular Hbond substituents is 2. The van der Waals surface area contributed by atoms with E-state index in [2.05, 4.69) is 104 Å². The molecule has 0 aliphatic heterocycles. The third kappa shape index (κ3) is 7.09. The van der Waals surface area contributed by atoms with Crippen LogP contribution in [-0.4, -0.2) is 48.2 Å². The van der Waals surface area contributed by atoms with Gasteiger partial charge >= 0.3 is 0 Å². The van der Waals surface area contributed by atoms with E-state index < -0.39 is 0 Å². The fourth-order valence-corrected chi connectivity index (χ4v) is 6.11. The molecule has 206 valence electrons. The quantitative estimate of drug-likeness (QED) is 0.406. The molecule has 0 bridgehead atoms. The molecule has 4 heteroatoms. The van der Waals surface area contributed by atoms with Gasteiger partial charge in [0.15, 0.2) is 0 Å². The minimum absolute atomic E-state index is 0.0493. The normalized spacial score (nSPS) is 15.8. The topological polar surface area (TPSA) is 46.9 Å². The van der Waals surface area contributed by atoms with Gasteiger partial charge in [0.1, 0.15) is 11.5 Å². The Morgan fingerprint density at radius 3 is 1.38 bits per heavy atom. The van der Waals surface area contributed by atoms with Gasteiger partial charge in [-0.2, -0.15) is 0 Å². The minimum Gasteiger partial charge on any atom is -0.507 e. The van der Waals surface area contributed by atoms with Gasteiger partial charge < -0.3 is 20.0 Å². The van der Waals surface area contributed by atoms with Crippen LogP contribution in [0.1, 0.15) is 113 Å². The summed E-state index contributed by atoms with van der Waals surface area (Å²) in [5.74, 6) is 1.14. The second kappa shape index (κ2) is 11.4. The first kappa shape index (κ1) is 29.5. The van der Waals surface area contributed by atoms with E-state index >= 15 is 0 Å². The molecule has 0 atom stereocenters. The summed E-state index contributed by atoms with van der Waals surface area (Å²) in [6.07, 6.45) is 5.92. The third-order valence-corrected chi connectivity index (χ3v) is 7.80. The van der Waals surface area contributed by atoms with Crippen LogP contribution in [0.25, 0.3) is 0 Å². The molecule has 0 heterocycles. The highest BCUT2D eigenvalue weighted by Gasteiger charge is 2.35. The number of benzene rings is 2. The summed E-state index contributed by atoms with van der Waals surface area (Å²) >= 11 is 0. The number of phenols is 2. The van der Waals surface area contributed by atoms with Gasteiger partial charge in [-0.05, 0) is 80.0 Å². The van der Waals surface area contributed by atoms with Gasteiger partial charge in [0, 0.05) is 30.1 Å². The standard InChI is InChI=1S/C33H52N2O2/c1-32(2,3)27-18-22(20-34(7)8)16-25(30(27)36)29(24-14-12-11-13-15-24)26-17-23(21-35(9)10)19-28(31(26)37)33(4,5)6/h16-19,24,29,36-37H,11-15,20-21H2,1-10H3. The van der Waals surface area contributed by atoms with Gasteiger partial charge in [-0.1, -0.05) is 85.1 Å². The van der Waals surface area contributed by atoms with E-state index in [-0.39, 0.29) is 16.7 Å². The molecular weight excluding hydrogens is 456 g/mol. The Hall–Kier alpha value is -2.04. The van der Waals surface area contributed by atoms with Crippen LogP contribution < -0.4 is 0 Å². The van der Waals surface area contributed by atoms with E-state index in [0.29, 0.717) is 17.4 Å². The van der Waals surface area contributed by atoms with Gasteiger partial charge in [0.05, 0.1) is 0 Å². The van der Waals surface area contributed by atoms with E-state index in [1.54, 1.807) is 0 Å². The zero-order valence-corrected chi connectivity index (χ0v) is 25.2. The Balaban J connectivity index is 2.37. The monoisotopic (exact) mass is 508 g/mol. The molecule has 0 unspecified atom stereocenters. The van der Waals surface area contributed by atoms with E-state index in [9.17, 15) is 10.2 Å². The molecule has 0 amide bonds. The summed E-state index contributed by atoms with van der Waals surface area (Å²) in [5.41, 5.74) is 5.98. The molecule has 1 saturated carbocycles. The highest BCUT2D eigenvalue weighted by Crippen LogP contribution is 2.50. The number of hydrogen-bond donors (Lipinski definition) is 2. The predicted molar refractivity (Wildman–Crippen MR) is 157 cm³/mol. The lowest BCUT2D eigenvalue weighted by atomic mass is 9.70. The van der Waals surface area contributed by atoms with Crippen LogP contribution in [0.2, 0.25) is 0 Å². The summed E-state index contributed by atoms with van der Waals surface area (Å²) in [6.45, 7) is 14.7. The minimum atomic E-state index is -0.191. The van der Waals surface area contributed by atoms with Crippen molar-refractivity contribution in [2.75, 3.05) is 28.2 Å². The SMILES string of the molecule is CN(C)Cc1cc(C(c2cc(CN(C)C)cc(C(C)(C)C)c2O)C2CCCCC2)c(O)c(C(C)(C)C)c1. The van der Waals surface area contributed by atoms with Gasteiger partial charge in [0.25, 0.3) is 0 Å². The highest BCUT2D eigenvalue weighted by molar-refractivity contribution is 5.56. The molecule has 1 aliphatic carbocycles. The van der Waals surface area contributed by atoms with Crippen LogP contribution >= 0.6 is 0 Å². The first-order chi connectivity index (χ1) is 17.1. The highest BCUT2D eigenvalue weighted by atomic mass is 16.3. The Morgan fingerprint density at radius 2 is 1.05 bits per heavy atom. The van der Waals surface area contributed by atoms with Crippen LogP contribution in [0, 0.1) is 5.92 Å². The summed E-state index contributed by atoms with van der Waals surface area (Å²) < 4.78 is 0. The predicted octanol–water partition coefficient (Wildman–Crippen LogP) is 7.53. The maximum absolute atomic E-state index is 11.9. The Morgan fingerprint density at radius 1 is 0.676 bits per heavy atom. The van der Waals surface area contributed by atoms with Crippen molar-refractivity contribution < 1.29 is 10.2 Å². The number of aromatic hydroxyl groups is 2. The molecule has 37 heavy (non-hydrogen) atoms. The Labute approximate surface area is 226 Å². The van der Waals surface area contributed by atoms with Crippen molar-refractivity contribution in [1.29, 1.82) is 0 Å². The van der Waals surface area contributed by atoms with Crippen molar-refractivity contribution in [3.63, 3.8) is 0 Å². The van der Waals surface area contributed by atoms with E-state index in [4.69, 9.17) is 0 Å². The lowest BCUT2D eigenvalue weighted by molar-refractivity contribution is 0.314. The second-order valence-corrected chi connectivity index (χ2v) is 14.0. The van der Waals surface area contributed by atoms with Crippen molar-refractivity contribution >= 4 is 0 Å². The third-order valence-electron chi connectivity index (χ3n) is 7.80. The van der Waals surface area contributed by atoms with Crippen LogP contribution in [0.5, 0.6) is 11.5 Å². The van der Waals surface area contributed by atoms with Crippen molar-refractivity contribution in [1.82, 2.24) is 9.80 Å². The summed E-state index contributed by atoms with van der Waals surface area (Å²) in [5, 5.41) is 23.8. The van der Waals surface area contributed by atoms with Gasteiger partial charge in [0.2, 0.25) is 0 Å². The maximum atomic E-state index is 11.9. The van der Waals surface area contributed by atoms with Crippen LogP contribution in [-0.2, 0) is 23.9 Å². The molecule has 2 N–H and O–H groups in total. The first-order valence-electron chi connectivity index (χ1n) is 14.1. The molecule has 0 spiro atoms. The molecule has 0 radical (unpaired) electrons. The van der Waals surface area contributed by atoms with E-state index in [1.807, 2.05) is 0 Å². The molecule has 0 aromatic heterocycles. The lowest BCUT2D eigenvalue weighted by Crippen LogP contribution is -2.22. The summed E-state index contributed by atoms with van der Waals surface area (Å²) in [6, 6.07) is 8.80. The Kier molecular flexibility index (Phi) is 9.07. The summed E-state index contributed by atoms with van der Waals surface area (Å²) in [7, 11) is 8.37. The maximum Gasteiger partial charge on any atom is 0.123 e. The average molecular weight is 509 g/mol. The van der Waals surface area contributed by atoms with Crippen LogP contribution in [0.15, 0.2) is 24.3 Å². The van der Waals surface area contributed by atoms with Gasteiger partial charge in [-0.25, -0.2) is 0 Å². The zero-order chi connectivity index (χ0) is 27.7. The molecular formula is C33H52N2O2. The molecule has 2 aromatic rings. The lowest BCUT2D eigenvalue weighted by Gasteiger charge is -2.35.